The minimum Gasteiger partial charge on any atom is -0.490 e. The van der Waals surface area contributed by atoms with E-state index in [1.54, 1.807) is 44.2 Å². The van der Waals surface area contributed by atoms with Gasteiger partial charge in [-0.15, -0.1) is 0 Å². The summed E-state index contributed by atoms with van der Waals surface area (Å²) in [5.41, 5.74) is 0.368. The summed E-state index contributed by atoms with van der Waals surface area (Å²) in [7, 11) is 0. The first-order chi connectivity index (χ1) is 31.9. The fourth-order valence-corrected chi connectivity index (χ4v) is 7.96. The zero-order valence-electron chi connectivity index (χ0n) is 35.9. The molecule has 0 bridgehead atoms. The molecule has 0 radical (unpaired) electrons. The minimum atomic E-state index is -1.92. The van der Waals surface area contributed by atoms with Crippen molar-refractivity contribution >= 4 is 11.0 Å². The zero-order valence-corrected chi connectivity index (χ0v) is 35.9. The lowest BCUT2D eigenvalue weighted by Crippen LogP contribution is -2.60. The normalized spacial score (nSPS) is 26.8. The summed E-state index contributed by atoms with van der Waals surface area (Å²) in [5.74, 6) is 0.524. The van der Waals surface area contributed by atoms with E-state index >= 15 is 4.79 Å². The molecule has 66 heavy (non-hydrogen) atoms. The van der Waals surface area contributed by atoms with Gasteiger partial charge in [-0.2, -0.15) is 0 Å². The highest BCUT2D eigenvalue weighted by Crippen LogP contribution is 2.50. The third kappa shape index (κ3) is 9.20. The molecule has 2 aliphatic heterocycles. The van der Waals surface area contributed by atoms with Gasteiger partial charge in [-0.05, 0) is 48.7 Å². The highest BCUT2D eigenvalue weighted by molar-refractivity contribution is 5.89. The molecule has 3 fully saturated rings. The van der Waals surface area contributed by atoms with Crippen LogP contribution in [0.4, 0.5) is 0 Å². The first-order valence-electron chi connectivity index (χ1n) is 21.6. The van der Waals surface area contributed by atoms with Crippen LogP contribution in [-0.4, -0.2) is 104 Å². The second-order valence-electron chi connectivity index (χ2n) is 16.7. The van der Waals surface area contributed by atoms with Crippen LogP contribution in [-0.2, 0) is 34.0 Å². The maximum atomic E-state index is 15.0. The predicted octanol–water partition coefficient (Wildman–Crippen LogP) is 4.38. The molecule has 1 aliphatic carbocycles. The van der Waals surface area contributed by atoms with Crippen molar-refractivity contribution in [1.82, 2.24) is 0 Å². The lowest BCUT2D eigenvalue weighted by molar-refractivity contribution is -0.291. The van der Waals surface area contributed by atoms with E-state index < -0.39 is 84.8 Å². The van der Waals surface area contributed by atoms with Gasteiger partial charge in [0, 0.05) is 17.7 Å². The van der Waals surface area contributed by atoms with Crippen molar-refractivity contribution in [1.29, 1.82) is 0 Å². The van der Waals surface area contributed by atoms with E-state index in [1.165, 1.54) is 0 Å². The Balaban J connectivity index is 1.11. The molecule has 16 heteroatoms. The van der Waals surface area contributed by atoms with Crippen molar-refractivity contribution in [2.75, 3.05) is 6.61 Å². The van der Waals surface area contributed by atoms with Crippen molar-refractivity contribution in [3.05, 3.63) is 148 Å². The number of fused-ring (bicyclic) bond motifs is 2. The highest BCUT2D eigenvalue weighted by atomic mass is 16.7. The molecule has 3 aliphatic rings. The smallest absolute Gasteiger partial charge is 0.239 e. The summed E-state index contributed by atoms with van der Waals surface area (Å²) in [6.07, 6.45) is -14.6. The summed E-state index contributed by atoms with van der Waals surface area (Å²) in [4.78, 5) is 15.0. The maximum absolute atomic E-state index is 15.0. The summed E-state index contributed by atoms with van der Waals surface area (Å²) in [6.45, 7) is 3.61. The molecule has 6 N–H and O–H groups in total. The summed E-state index contributed by atoms with van der Waals surface area (Å²) >= 11 is 0. The molecule has 1 aromatic heterocycles. The Hall–Kier alpha value is -6.05. The Morgan fingerprint density at radius 2 is 1.24 bits per heavy atom. The summed E-state index contributed by atoms with van der Waals surface area (Å²) in [6, 6.07) is 36.6. The van der Waals surface area contributed by atoms with Gasteiger partial charge in [0.15, 0.2) is 29.2 Å². The highest BCUT2D eigenvalue weighted by Gasteiger charge is 2.76. The molecular weight excluding hydrogens is 857 g/mol. The number of ether oxygens (including phenoxy) is 8. The molecule has 2 saturated heterocycles. The number of aliphatic hydroxyl groups excluding tert-OH is 5. The van der Waals surface area contributed by atoms with E-state index in [0.29, 0.717) is 17.2 Å². The molecule has 16 nitrogen and oxygen atoms in total. The first-order valence-corrected chi connectivity index (χ1v) is 21.6. The Morgan fingerprint density at radius 1 is 0.636 bits per heavy atom. The lowest BCUT2D eigenvalue weighted by Gasteiger charge is -2.40. The van der Waals surface area contributed by atoms with E-state index in [4.69, 9.17) is 42.3 Å². The van der Waals surface area contributed by atoms with Crippen LogP contribution in [0.2, 0.25) is 0 Å². The zero-order chi connectivity index (χ0) is 46.1. The minimum absolute atomic E-state index is 0.0327. The fraction of sp³-hybridized carbons (Fsp3) is 0.340. The van der Waals surface area contributed by atoms with E-state index in [-0.39, 0.29) is 47.9 Å². The van der Waals surface area contributed by atoms with Gasteiger partial charge in [0.2, 0.25) is 17.5 Å². The average molecular weight is 907 g/mol. The Labute approximate surface area is 378 Å². The van der Waals surface area contributed by atoms with Crippen molar-refractivity contribution in [2.24, 2.45) is 0 Å². The Kier molecular flexibility index (Phi) is 13.0. The van der Waals surface area contributed by atoms with Crippen LogP contribution < -0.4 is 29.1 Å². The SMILES string of the molecule is CC(C)Oc1cc(OCc2ccccc2)cc2oc(-c3ccc(OCc4ccccc4)c(OCc4ccccc4)c3)c(OC3OC(COC4OC5C(O)C5(O)C4O)C(O)C(O)C3O)c(=O)c12. The summed E-state index contributed by atoms with van der Waals surface area (Å²) in [5, 5.41) is 64.3. The molecule has 0 spiro atoms. The lowest BCUT2D eigenvalue weighted by atomic mass is 9.99. The maximum Gasteiger partial charge on any atom is 0.239 e. The molecule has 9 rings (SSSR count). The fourth-order valence-electron chi connectivity index (χ4n) is 7.96. The number of aliphatic hydroxyl groups is 6. The third-order valence-corrected chi connectivity index (χ3v) is 11.6. The molecular formula is C50H50O16. The first kappa shape index (κ1) is 45.1. The topological polar surface area (TPSA) is 225 Å². The van der Waals surface area contributed by atoms with Crippen LogP contribution in [0.3, 0.4) is 0 Å². The third-order valence-electron chi connectivity index (χ3n) is 11.6. The van der Waals surface area contributed by atoms with Gasteiger partial charge in [0.1, 0.15) is 85.0 Å². The Morgan fingerprint density at radius 3 is 1.83 bits per heavy atom. The van der Waals surface area contributed by atoms with Crippen molar-refractivity contribution in [3.63, 3.8) is 0 Å². The van der Waals surface area contributed by atoms with Gasteiger partial charge in [-0.3, -0.25) is 4.79 Å². The van der Waals surface area contributed by atoms with Crippen LogP contribution in [0.5, 0.6) is 28.7 Å². The van der Waals surface area contributed by atoms with E-state index in [9.17, 15) is 30.6 Å². The van der Waals surface area contributed by atoms with E-state index in [2.05, 4.69) is 0 Å². The van der Waals surface area contributed by atoms with Crippen LogP contribution in [0.25, 0.3) is 22.3 Å². The van der Waals surface area contributed by atoms with Crippen LogP contribution >= 0.6 is 0 Å². The number of hydrogen-bond donors (Lipinski definition) is 6. The quantitative estimate of drug-likeness (QED) is 0.0747. The molecule has 10 atom stereocenters. The molecule has 6 aromatic rings. The van der Waals surface area contributed by atoms with Crippen molar-refractivity contribution in [3.8, 4) is 40.1 Å². The molecule has 346 valence electrons. The van der Waals surface area contributed by atoms with E-state index in [1.807, 2.05) is 91.0 Å². The second-order valence-corrected chi connectivity index (χ2v) is 16.7. The predicted molar refractivity (Wildman–Crippen MR) is 235 cm³/mol. The monoisotopic (exact) mass is 906 g/mol. The van der Waals surface area contributed by atoms with Gasteiger partial charge in [0.25, 0.3) is 0 Å². The molecule has 3 heterocycles. The average Bonchev–Trinajstić information content (AvgIpc) is 3.74. The standard InChI is InChI=1S/C50H50O16/c1-27(2)62-35-21-32(58-23-28-12-6-3-7-13-28)22-36-38(35)40(52)44(65-48-42(54)41(53)39(51)37(64-48)26-61-49-46(56)50(57)45(55)47(50)66-49)43(63-36)31-18-19-33(59-24-29-14-8-4-9-15-29)34(20-31)60-25-30-16-10-5-11-17-30/h3-22,27,37,39,41-42,45-49,51,53-57H,23-26H2,1-2H3. The van der Waals surface area contributed by atoms with Crippen LogP contribution in [0.15, 0.2) is 131 Å². The summed E-state index contributed by atoms with van der Waals surface area (Å²) < 4.78 is 54.9. The largest absolute Gasteiger partial charge is 0.490 e. The van der Waals surface area contributed by atoms with Crippen molar-refractivity contribution < 1.29 is 73.0 Å². The van der Waals surface area contributed by atoms with Crippen molar-refractivity contribution in [2.45, 2.75) is 101 Å². The molecule has 0 amide bonds. The van der Waals surface area contributed by atoms with Gasteiger partial charge in [0.05, 0.1) is 12.7 Å². The van der Waals surface area contributed by atoms with Gasteiger partial charge >= 0.3 is 0 Å². The second kappa shape index (κ2) is 19.0. The van der Waals surface area contributed by atoms with Gasteiger partial charge in [-0.25, -0.2) is 0 Å². The number of rotatable bonds is 17. The number of benzene rings is 5. The Bertz CT molecular complexity index is 2660. The van der Waals surface area contributed by atoms with Crippen LogP contribution in [0, 0.1) is 0 Å². The molecule has 10 unspecified atom stereocenters. The van der Waals surface area contributed by atoms with Gasteiger partial charge in [-0.1, -0.05) is 91.0 Å². The number of hydrogen-bond acceptors (Lipinski definition) is 16. The molecule has 5 aromatic carbocycles. The van der Waals surface area contributed by atoms with E-state index in [0.717, 1.165) is 16.7 Å². The van der Waals surface area contributed by atoms with Crippen LogP contribution in [0.1, 0.15) is 30.5 Å². The molecule has 1 saturated carbocycles. The van der Waals surface area contributed by atoms with Gasteiger partial charge < -0.3 is 73.0 Å².